The Morgan fingerprint density at radius 1 is 0.300 bits per heavy atom. The predicted molar refractivity (Wildman–Crippen MR) is 169 cm³/mol. The number of rotatable bonds is 0. The molecular formula is C16H16Cl12Fe4O16Sn2. The van der Waals surface area contributed by atoms with Crippen LogP contribution in [0, 0.1) is 0 Å². The Balaban J connectivity index is -0.000000224. The third-order valence-corrected chi connectivity index (χ3v) is 2.87. The van der Waals surface area contributed by atoms with Gasteiger partial charge in [0.15, 0.2) is 0 Å². The number of hydrogen-bond acceptors (Lipinski definition) is 16. The molecular weight excluding hydrogens is 1330 g/mol. The fourth-order valence-electron chi connectivity index (χ4n) is 1.55. The van der Waals surface area contributed by atoms with E-state index < -0.39 is 138 Å². The number of ether oxygens (including phenoxy) is 8. The standard InChI is InChI=1S/C16H16O16.12ClH.4Fe.2Sn/c17-9-10(18)27-3-4-29-13(21)14(22)31-7-8-32-16(24)15(23)30-6-5-28-12(20)11(19)26-2-1-25-9;;;;;;;;;;;;;;;;;;/h1-8H2;12*1H;;;;;;/q;;;;;;;;;;;;;6*+2/p-12. The Bertz CT molecular complexity index is 720. The summed E-state index contributed by atoms with van der Waals surface area (Å²) in [5.74, 6) is -11.8. The Hall–Kier alpha value is 2.92. The maximum absolute atomic E-state index is 11.3. The maximum atomic E-state index is 11.3. The van der Waals surface area contributed by atoms with Crippen LogP contribution in [-0.2, 0) is 129 Å². The first kappa shape index (κ1) is 64.8. The molecule has 1 fully saturated rings. The minimum absolute atomic E-state index is 0.194. The van der Waals surface area contributed by atoms with Gasteiger partial charge in [-0.15, -0.1) is 0 Å². The van der Waals surface area contributed by atoms with Gasteiger partial charge < -0.3 is 37.9 Å². The van der Waals surface area contributed by atoms with E-state index >= 15 is 0 Å². The SMILES string of the molecule is O=C1OCCOC(=O)C(=O)OCCOC(=O)C(=O)OCCOC(=O)C(=O)OCCOC1=O.[Cl][Fe][Cl].[Cl][Fe][Cl].[Cl][Fe][Cl].[Cl][Fe][Cl].[Cl][Sn][Cl].[Cl][Sn][Cl]. The molecule has 0 unspecified atom stereocenters. The molecule has 1 aliphatic heterocycles. The van der Waals surface area contributed by atoms with Gasteiger partial charge in [-0.25, -0.2) is 38.4 Å². The van der Waals surface area contributed by atoms with Gasteiger partial charge in [-0.1, -0.05) is 0 Å². The van der Waals surface area contributed by atoms with E-state index in [0.29, 0.717) is 0 Å². The number of cyclic esters (lactones) is 8. The fraction of sp³-hybridized carbons (Fsp3) is 0.500. The zero-order chi connectivity index (χ0) is 40.2. The van der Waals surface area contributed by atoms with E-state index in [1.807, 2.05) is 0 Å². The van der Waals surface area contributed by atoms with Crippen LogP contribution in [0.1, 0.15) is 0 Å². The minimum atomic E-state index is -1.47. The summed E-state index contributed by atoms with van der Waals surface area (Å²) in [5.41, 5.74) is 0. The second kappa shape index (κ2) is 56.2. The number of hydrogen-bond donors (Lipinski definition) is 0. The summed E-state index contributed by atoms with van der Waals surface area (Å²) >= 11 is -0.873. The molecule has 1 heterocycles. The molecule has 0 aromatic carbocycles. The van der Waals surface area contributed by atoms with Crippen LogP contribution in [0.2, 0.25) is 0 Å². The van der Waals surface area contributed by atoms with Crippen LogP contribution in [-0.4, -0.2) is 138 Å². The van der Waals surface area contributed by atoms with E-state index in [2.05, 4.69) is 37.9 Å². The predicted octanol–water partition coefficient (Wildman–Crippen LogP) is 3.85. The summed E-state index contributed by atoms with van der Waals surface area (Å²) in [5, 5.41) is 0. The molecule has 0 amide bonds. The first-order valence-corrected chi connectivity index (χ1v) is 37.0. The van der Waals surface area contributed by atoms with Gasteiger partial charge in [-0.3, -0.25) is 0 Å². The van der Waals surface area contributed by atoms with Crippen molar-refractivity contribution in [2.24, 2.45) is 0 Å². The molecule has 50 heavy (non-hydrogen) atoms. The van der Waals surface area contributed by atoms with Gasteiger partial charge in [-0.05, 0) is 0 Å². The molecule has 0 N–H and O–H groups in total. The Kier molecular flexibility index (Phi) is 72.9. The molecule has 1 aliphatic rings. The topological polar surface area (TPSA) is 210 Å². The second-order valence-electron chi connectivity index (χ2n) is 5.43. The molecule has 1 rings (SSSR count). The number of carbonyl (C=O) groups is 8. The molecule has 0 aromatic rings. The fourth-order valence-corrected chi connectivity index (χ4v) is 1.55. The first-order chi connectivity index (χ1) is 23.7. The Morgan fingerprint density at radius 2 is 0.360 bits per heavy atom. The first-order valence-electron chi connectivity index (χ1n) is 10.4. The van der Waals surface area contributed by atoms with E-state index in [4.69, 9.17) is 116 Å². The van der Waals surface area contributed by atoms with E-state index in [0.717, 1.165) is 0 Å². The van der Waals surface area contributed by atoms with Crippen molar-refractivity contribution in [1.29, 1.82) is 0 Å². The van der Waals surface area contributed by atoms with Crippen LogP contribution in [0.25, 0.3) is 0 Å². The zero-order valence-corrected chi connectivity index (χ0v) is 42.3. The Labute approximate surface area is 378 Å². The van der Waals surface area contributed by atoms with E-state index in [-0.39, 0.29) is 52.5 Å². The molecule has 16 nitrogen and oxygen atoms in total. The molecule has 0 aliphatic carbocycles. The third kappa shape index (κ3) is 57.6. The van der Waals surface area contributed by atoms with Gasteiger partial charge in [0.05, 0.1) is 0 Å². The molecule has 0 aromatic heterocycles. The number of esters is 8. The van der Waals surface area contributed by atoms with Crippen LogP contribution < -0.4 is 0 Å². The molecule has 1 saturated heterocycles. The van der Waals surface area contributed by atoms with Crippen molar-refractivity contribution < 1.29 is 129 Å². The van der Waals surface area contributed by atoms with Crippen LogP contribution in [0.15, 0.2) is 0 Å². The molecule has 4 radical (unpaired) electrons. The van der Waals surface area contributed by atoms with E-state index in [9.17, 15) is 38.4 Å². The van der Waals surface area contributed by atoms with Gasteiger partial charge in [0.2, 0.25) is 0 Å². The van der Waals surface area contributed by atoms with Crippen LogP contribution in [0.4, 0.5) is 0 Å². The van der Waals surface area contributed by atoms with Gasteiger partial charge in [0.1, 0.15) is 52.9 Å². The molecule has 0 bridgehead atoms. The van der Waals surface area contributed by atoms with Crippen molar-refractivity contribution in [3.05, 3.63) is 0 Å². The summed E-state index contributed by atoms with van der Waals surface area (Å²) in [4.78, 5) is 90.8. The van der Waals surface area contributed by atoms with Gasteiger partial charge >= 0.3 is 255 Å². The quantitative estimate of drug-likeness (QED) is 0.146. The average molecular weight is 1350 g/mol. The van der Waals surface area contributed by atoms with Crippen molar-refractivity contribution in [3.63, 3.8) is 0 Å². The number of halogens is 12. The van der Waals surface area contributed by atoms with Crippen molar-refractivity contribution in [1.82, 2.24) is 0 Å². The normalized spacial score (nSPS) is 15.0. The molecule has 0 spiro atoms. The number of carbonyl (C=O) groups excluding carboxylic acids is 8. The summed E-state index contributed by atoms with van der Waals surface area (Å²) in [6.07, 6.45) is 0. The third-order valence-electron chi connectivity index (χ3n) is 2.87. The van der Waals surface area contributed by atoms with Crippen LogP contribution >= 0.6 is 116 Å². The molecule has 0 atom stereocenters. The van der Waals surface area contributed by atoms with Crippen LogP contribution in [0.5, 0.6) is 0 Å². The summed E-state index contributed by atoms with van der Waals surface area (Å²) in [6.45, 7) is -4.94. The Morgan fingerprint density at radius 3 is 0.420 bits per heavy atom. The molecule has 300 valence electrons. The van der Waals surface area contributed by atoms with Gasteiger partial charge in [0, 0.05) is 0 Å². The second-order valence-corrected chi connectivity index (χ2v) is 21.2. The van der Waals surface area contributed by atoms with Crippen molar-refractivity contribution in [2.75, 3.05) is 52.9 Å². The monoisotopic (exact) mass is 1350 g/mol. The summed E-state index contributed by atoms with van der Waals surface area (Å²) in [6, 6.07) is 0. The molecule has 34 heteroatoms. The van der Waals surface area contributed by atoms with E-state index in [1.54, 1.807) is 0 Å². The van der Waals surface area contributed by atoms with Crippen molar-refractivity contribution >= 4 is 202 Å². The molecule has 0 saturated carbocycles. The van der Waals surface area contributed by atoms with Gasteiger partial charge in [-0.2, -0.15) is 0 Å². The van der Waals surface area contributed by atoms with E-state index in [1.165, 1.54) is 0 Å². The average Bonchev–Trinajstić information content (AvgIpc) is 3.06. The summed E-state index contributed by atoms with van der Waals surface area (Å²) < 4.78 is 35.3. The zero-order valence-electron chi connectivity index (χ0n) is 23.1. The van der Waals surface area contributed by atoms with Crippen molar-refractivity contribution in [3.8, 4) is 0 Å². The summed E-state index contributed by atoms with van der Waals surface area (Å²) in [7, 11) is 57.8. The van der Waals surface area contributed by atoms with Gasteiger partial charge in [0.25, 0.3) is 0 Å². The van der Waals surface area contributed by atoms with Crippen LogP contribution in [0.3, 0.4) is 0 Å². The van der Waals surface area contributed by atoms with Crippen molar-refractivity contribution in [2.45, 2.75) is 0 Å².